The van der Waals surface area contributed by atoms with Crippen molar-refractivity contribution < 1.29 is 0 Å². The van der Waals surface area contributed by atoms with E-state index in [-0.39, 0.29) is 0 Å². The summed E-state index contributed by atoms with van der Waals surface area (Å²) >= 11 is 1.74. The number of benzene rings is 1. The first-order chi connectivity index (χ1) is 6.83. The van der Waals surface area contributed by atoms with E-state index in [0.717, 1.165) is 22.8 Å². The summed E-state index contributed by atoms with van der Waals surface area (Å²) in [5.41, 5.74) is 2.19. The number of hydrogen-bond acceptors (Lipinski definition) is 4. The second-order valence-corrected chi connectivity index (χ2v) is 4.19. The Morgan fingerprint density at radius 2 is 2.21 bits per heavy atom. The second-order valence-electron chi connectivity index (χ2n) is 3.07. The van der Waals surface area contributed by atoms with Crippen LogP contribution >= 0.6 is 11.3 Å². The summed E-state index contributed by atoms with van der Waals surface area (Å²) in [7, 11) is 3.85. The summed E-state index contributed by atoms with van der Waals surface area (Å²) in [6, 6.07) is 6.26. The molecule has 2 rings (SSSR count). The van der Waals surface area contributed by atoms with Gasteiger partial charge in [0.15, 0.2) is 0 Å². The largest absolute Gasteiger partial charge is 0.388 e. The molecule has 0 aliphatic carbocycles. The van der Waals surface area contributed by atoms with Gasteiger partial charge in [0.2, 0.25) is 0 Å². The Balaban J connectivity index is 2.43. The SMILES string of the molecule is CNCc1nc2cc(NC)ccc2s1. The molecule has 1 heterocycles. The summed E-state index contributed by atoms with van der Waals surface area (Å²) in [4.78, 5) is 4.53. The van der Waals surface area contributed by atoms with Gasteiger partial charge in [-0.15, -0.1) is 11.3 Å². The van der Waals surface area contributed by atoms with Crippen LogP contribution in [0.3, 0.4) is 0 Å². The molecule has 0 aliphatic rings. The van der Waals surface area contributed by atoms with Crippen molar-refractivity contribution in [3.63, 3.8) is 0 Å². The van der Waals surface area contributed by atoms with Gasteiger partial charge >= 0.3 is 0 Å². The number of nitrogens with one attached hydrogen (secondary N) is 2. The first kappa shape index (κ1) is 9.43. The number of fused-ring (bicyclic) bond motifs is 1. The second kappa shape index (κ2) is 3.94. The van der Waals surface area contributed by atoms with Gasteiger partial charge in [-0.3, -0.25) is 0 Å². The first-order valence-corrected chi connectivity index (χ1v) is 5.37. The standard InChI is InChI=1S/C10H13N3S/c1-11-6-10-13-8-5-7(12-2)3-4-9(8)14-10/h3-5,11-12H,6H2,1-2H3. The maximum Gasteiger partial charge on any atom is 0.108 e. The molecule has 0 unspecified atom stereocenters. The fourth-order valence-corrected chi connectivity index (χ4v) is 2.32. The van der Waals surface area contributed by atoms with Crippen molar-refractivity contribution in [2.75, 3.05) is 19.4 Å². The van der Waals surface area contributed by atoms with Crippen LogP contribution in [0.4, 0.5) is 5.69 Å². The fourth-order valence-electron chi connectivity index (χ4n) is 1.36. The van der Waals surface area contributed by atoms with Gasteiger partial charge in [0, 0.05) is 19.3 Å². The van der Waals surface area contributed by atoms with Gasteiger partial charge in [0.05, 0.1) is 10.2 Å². The molecule has 0 aliphatic heterocycles. The molecule has 0 fully saturated rings. The van der Waals surface area contributed by atoms with Crippen LogP contribution in [0.5, 0.6) is 0 Å². The van der Waals surface area contributed by atoms with E-state index < -0.39 is 0 Å². The number of anilines is 1. The maximum absolute atomic E-state index is 4.53. The Morgan fingerprint density at radius 3 is 2.93 bits per heavy atom. The Morgan fingerprint density at radius 1 is 1.36 bits per heavy atom. The smallest absolute Gasteiger partial charge is 0.108 e. The van der Waals surface area contributed by atoms with Gasteiger partial charge in [0.1, 0.15) is 5.01 Å². The van der Waals surface area contributed by atoms with Gasteiger partial charge < -0.3 is 10.6 Å². The molecule has 74 valence electrons. The number of nitrogens with zero attached hydrogens (tertiary/aromatic N) is 1. The summed E-state index contributed by atoms with van der Waals surface area (Å²) < 4.78 is 1.24. The van der Waals surface area contributed by atoms with Crippen LogP contribution < -0.4 is 10.6 Å². The molecule has 0 saturated heterocycles. The molecule has 4 heteroatoms. The van der Waals surface area contributed by atoms with Crippen LogP contribution in [-0.2, 0) is 6.54 Å². The first-order valence-electron chi connectivity index (χ1n) is 4.55. The summed E-state index contributed by atoms with van der Waals surface area (Å²) in [5.74, 6) is 0. The van der Waals surface area contributed by atoms with Gasteiger partial charge in [-0.25, -0.2) is 4.98 Å². The Bertz CT molecular complexity index is 436. The number of aromatic nitrogens is 1. The molecule has 14 heavy (non-hydrogen) atoms. The molecule has 0 amide bonds. The number of thiazole rings is 1. The monoisotopic (exact) mass is 207 g/mol. The van der Waals surface area contributed by atoms with Crippen LogP contribution in [0.1, 0.15) is 5.01 Å². The lowest BCUT2D eigenvalue weighted by Gasteiger charge is -1.96. The zero-order valence-electron chi connectivity index (χ0n) is 8.29. The molecule has 0 spiro atoms. The summed E-state index contributed by atoms with van der Waals surface area (Å²) in [5, 5.41) is 7.35. The van der Waals surface area contributed by atoms with Gasteiger partial charge in [-0.05, 0) is 25.2 Å². The minimum absolute atomic E-state index is 0.842. The molecule has 0 atom stereocenters. The molecule has 1 aromatic carbocycles. The van der Waals surface area contributed by atoms with Crippen molar-refractivity contribution in [3.05, 3.63) is 23.2 Å². The zero-order chi connectivity index (χ0) is 9.97. The minimum atomic E-state index is 0.842. The number of rotatable bonds is 3. The van der Waals surface area contributed by atoms with Gasteiger partial charge in [-0.1, -0.05) is 0 Å². The predicted octanol–water partition coefficient (Wildman–Crippen LogP) is 2.06. The third-order valence-corrected chi connectivity index (χ3v) is 3.08. The van der Waals surface area contributed by atoms with Gasteiger partial charge in [0.25, 0.3) is 0 Å². The maximum atomic E-state index is 4.53. The molecule has 0 bridgehead atoms. The topological polar surface area (TPSA) is 37.0 Å². The van der Waals surface area contributed by atoms with Gasteiger partial charge in [-0.2, -0.15) is 0 Å². The van der Waals surface area contributed by atoms with Crippen molar-refractivity contribution in [1.29, 1.82) is 0 Å². The molecule has 1 aromatic heterocycles. The van der Waals surface area contributed by atoms with E-state index >= 15 is 0 Å². The highest BCUT2D eigenvalue weighted by Gasteiger charge is 2.02. The van der Waals surface area contributed by atoms with Crippen molar-refractivity contribution in [2.45, 2.75) is 6.54 Å². The molecule has 2 N–H and O–H groups in total. The average Bonchev–Trinajstić information content (AvgIpc) is 2.59. The molecule has 2 aromatic rings. The Hall–Kier alpha value is -1.13. The van der Waals surface area contributed by atoms with E-state index in [2.05, 4.69) is 33.8 Å². The number of hydrogen-bond donors (Lipinski definition) is 2. The third kappa shape index (κ3) is 1.71. The average molecular weight is 207 g/mol. The highest BCUT2D eigenvalue weighted by molar-refractivity contribution is 7.18. The third-order valence-electron chi connectivity index (χ3n) is 2.05. The Labute approximate surface area is 87.2 Å². The molecular weight excluding hydrogens is 194 g/mol. The lowest BCUT2D eigenvalue weighted by atomic mass is 10.3. The molecule has 0 saturated carbocycles. The highest BCUT2D eigenvalue weighted by atomic mass is 32.1. The lowest BCUT2D eigenvalue weighted by molar-refractivity contribution is 0.812. The summed E-state index contributed by atoms with van der Waals surface area (Å²) in [6.07, 6.45) is 0. The van der Waals surface area contributed by atoms with E-state index in [1.807, 2.05) is 14.1 Å². The molecule has 3 nitrogen and oxygen atoms in total. The van der Waals surface area contributed by atoms with Crippen molar-refractivity contribution in [3.8, 4) is 0 Å². The zero-order valence-corrected chi connectivity index (χ0v) is 9.11. The van der Waals surface area contributed by atoms with Crippen LogP contribution in [0.15, 0.2) is 18.2 Å². The fraction of sp³-hybridized carbons (Fsp3) is 0.300. The van der Waals surface area contributed by atoms with E-state index in [4.69, 9.17) is 0 Å². The van der Waals surface area contributed by atoms with E-state index in [1.54, 1.807) is 11.3 Å². The van der Waals surface area contributed by atoms with E-state index in [9.17, 15) is 0 Å². The normalized spacial score (nSPS) is 10.7. The van der Waals surface area contributed by atoms with E-state index in [1.165, 1.54) is 4.70 Å². The molecule has 0 radical (unpaired) electrons. The van der Waals surface area contributed by atoms with Crippen molar-refractivity contribution in [1.82, 2.24) is 10.3 Å². The highest BCUT2D eigenvalue weighted by Crippen LogP contribution is 2.24. The quantitative estimate of drug-likeness (QED) is 0.809. The van der Waals surface area contributed by atoms with Crippen LogP contribution in [0, 0.1) is 0 Å². The lowest BCUT2D eigenvalue weighted by Crippen LogP contribution is -2.03. The van der Waals surface area contributed by atoms with Crippen molar-refractivity contribution >= 4 is 27.2 Å². The van der Waals surface area contributed by atoms with Crippen molar-refractivity contribution in [2.24, 2.45) is 0 Å². The Kier molecular flexibility index (Phi) is 2.65. The summed E-state index contributed by atoms with van der Waals surface area (Å²) in [6.45, 7) is 0.842. The van der Waals surface area contributed by atoms with E-state index in [0.29, 0.717) is 0 Å². The van der Waals surface area contributed by atoms with Crippen LogP contribution in [0.25, 0.3) is 10.2 Å². The van der Waals surface area contributed by atoms with Crippen LogP contribution in [0.2, 0.25) is 0 Å². The minimum Gasteiger partial charge on any atom is -0.388 e. The predicted molar refractivity (Wildman–Crippen MR) is 61.9 cm³/mol. The van der Waals surface area contributed by atoms with Crippen LogP contribution in [-0.4, -0.2) is 19.1 Å². The molecular formula is C10H13N3S.